The number of carboxylic acids is 1. The summed E-state index contributed by atoms with van der Waals surface area (Å²) in [5.74, 6) is -3.22. The number of esters is 3. The molecule has 1 fully saturated rings. The zero-order valence-corrected chi connectivity index (χ0v) is 52.2. The molecule has 1 aliphatic heterocycles. The first-order valence-electron chi connectivity index (χ1n) is 32.9. The van der Waals surface area contributed by atoms with Gasteiger partial charge in [0.25, 0.3) is 0 Å². The van der Waals surface area contributed by atoms with E-state index in [4.69, 9.17) is 23.7 Å². The minimum absolute atomic E-state index is 0.0431. The molecule has 0 aliphatic carbocycles. The van der Waals surface area contributed by atoms with Gasteiger partial charge in [0.05, 0.1) is 6.61 Å². The number of ether oxygens (including phenoxy) is 5. The molecule has 0 aromatic carbocycles. The van der Waals surface area contributed by atoms with Gasteiger partial charge in [-0.1, -0.05) is 233 Å². The Hall–Kier alpha value is -4.62. The summed E-state index contributed by atoms with van der Waals surface area (Å²) >= 11 is 0. The number of unbranched alkanes of at least 4 members (excludes halogenated alkanes) is 23. The predicted molar refractivity (Wildman–Crippen MR) is 340 cm³/mol. The van der Waals surface area contributed by atoms with Crippen molar-refractivity contribution in [1.82, 2.24) is 0 Å². The first-order valence-corrected chi connectivity index (χ1v) is 32.9. The first-order chi connectivity index (χ1) is 40.6. The summed E-state index contributed by atoms with van der Waals surface area (Å²) in [6, 6.07) is 0. The van der Waals surface area contributed by atoms with Gasteiger partial charge < -0.3 is 39.0 Å². The Morgan fingerprint density at radius 1 is 0.410 bits per heavy atom. The quantitative estimate of drug-likeness (QED) is 0.0228. The van der Waals surface area contributed by atoms with Crippen molar-refractivity contribution < 1.29 is 58.2 Å². The van der Waals surface area contributed by atoms with Crippen LogP contribution in [0.25, 0.3) is 0 Å². The number of rotatable bonds is 55. The fourth-order valence-corrected chi connectivity index (χ4v) is 9.29. The third kappa shape index (κ3) is 47.3. The maximum Gasteiger partial charge on any atom is 0.335 e. The predicted octanol–water partition coefficient (Wildman–Crippen LogP) is 17.8. The van der Waals surface area contributed by atoms with Crippen molar-refractivity contribution in [3.8, 4) is 0 Å². The number of allylic oxidation sites excluding steroid dienone is 18. The number of aliphatic hydroxyl groups is 2. The highest BCUT2D eigenvalue weighted by Gasteiger charge is 2.50. The number of hydrogen-bond acceptors (Lipinski definition) is 11. The number of carbonyl (C=O) groups is 4. The molecule has 1 heterocycles. The van der Waals surface area contributed by atoms with E-state index in [2.05, 4.69) is 118 Å². The third-order valence-electron chi connectivity index (χ3n) is 14.3. The van der Waals surface area contributed by atoms with Crippen LogP contribution < -0.4 is 0 Å². The van der Waals surface area contributed by atoms with E-state index in [9.17, 15) is 34.5 Å². The largest absolute Gasteiger partial charge is 0.479 e. The average molecular weight is 1160 g/mol. The lowest BCUT2D eigenvalue weighted by Gasteiger charge is -2.40. The van der Waals surface area contributed by atoms with Gasteiger partial charge in [0.2, 0.25) is 0 Å². The zero-order chi connectivity index (χ0) is 60.3. The number of carbonyl (C=O) groups excluding carboxylic acids is 3. The molecular formula is C71H116O12. The Morgan fingerprint density at radius 2 is 0.771 bits per heavy atom. The van der Waals surface area contributed by atoms with E-state index in [0.717, 1.165) is 122 Å². The Morgan fingerprint density at radius 3 is 1.23 bits per heavy atom. The van der Waals surface area contributed by atoms with Crippen molar-refractivity contribution in [2.45, 2.75) is 302 Å². The van der Waals surface area contributed by atoms with Crippen LogP contribution in [0.1, 0.15) is 265 Å². The monoisotopic (exact) mass is 1160 g/mol. The number of aliphatic carboxylic acids is 1. The van der Waals surface area contributed by atoms with Crippen LogP contribution in [0.2, 0.25) is 0 Å². The Balaban J connectivity index is 2.71. The molecule has 6 atom stereocenters. The van der Waals surface area contributed by atoms with E-state index in [1.165, 1.54) is 77.0 Å². The molecule has 1 rings (SSSR count). The van der Waals surface area contributed by atoms with Gasteiger partial charge in [-0.05, 0) is 122 Å². The number of carboxylic acid groups (broad SMARTS) is 1. The van der Waals surface area contributed by atoms with Gasteiger partial charge in [-0.3, -0.25) is 14.4 Å². The molecule has 0 aromatic heterocycles. The molecular weight excluding hydrogens is 1040 g/mol. The van der Waals surface area contributed by atoms with Crippen LogP contribution in [0.3, 0.4) is 0 Å². The molecule has 12 heteroatoms. The Kier molecular flexibility index (Phi) is 53.2. The molecule has 0 bridgehead atoms. The smallest absolute Gasteiger partial charge is 0.335 e. The number of aliphatic hydroxyl groups excluding tert-OH is 2. The maximum atomic E-state index is 13.2. The summed E-state index contributed by atoms with van der Waals surface area (Å²) in [5.41, 5.74) is 0. The lowest BCUT2D eigenvalue weighted by molar-refractivity contribution is -0.301. The van der Waals surface area contributed by atoms with Crippen LogP contribution in [-0.4, -0.2) is 89.2 Å². The van der Waals surface area contributed by atoms with E-state index in [0.29, 0.717) is 25.7 Å². The van der Waals surface area contributed by atoms with Crippen molar-refractivity contribution >= 4 is 23.9 Å². The molecule has 0 spiro atoms. The summed E-state index contributed by atoms with van der Waals surface area (Å²) in [6.45, 7) is 5.81. The highest BCUT2D eigenvalue weighted by Crippen LogP contribution is 2.26. The van der Waals surface area contributed by atoms with E-state index < -0.39 is 67.3 Å². The second-order valence-corrected chi connectivity index (χ2v) is 22.0. The Bertz CT molecular complexity index is 1860. The van der Waals surface area contributed by atoms with Crippen molar-refractivity contribution in [3.05, 3.63) is 109 Å². The van der Waals surface area contributed by atoms with E-state index in [1.54, 1.807) is 0 Å². The molecule has 472 valence electrons. The van der Waals surface area contributed by atoms with Crippen molar-refractivity contribution in [2.24, 2.45) is 0 Å². The molecule has 1 aliphatic rings. The summed E-state index contributed by atoms with van der Waals surface area (Å²) in [6.07, 6.45) is 66.2. The maximum absolute atomic E-state index is 13.2. The first kappa shape index (κ1) is 76.4. The van der Waals surface area contributed by atoms with Crippen LogP contribution >= 0.6 is 0 Å². The molecule has 0 radical (unpaired) electrons. The van der Waals surface area contributed by atoms with Gasteiger partial charge in [-0.15, -0.1) is 0 Å². The van der Waals surface area contributed by atoms with Crippen LogP contribution in [0.15, 0.2) is 109 Å². The standard InChI is InChI=1S/C71H116O12/c1-4-7-10-13-16-19-22-25-28-31-32-35-36-39-42-45-48-51-54-57-63(72)79-60-62(81-64(73)58-55-52-49-46-43-40-37-33-29-26-23-20-17-14-11-8-5-2)61-80-71-69(67(76)66(75)68(83-71)70(77)78)82-65(74)59-56-53-50-47-44-41-38-34-30-27-24-21-18-15-12-9-6-3/h8,11,16-17,19-20,25-30,32,35,37,40,46,49,62,66-69,71,75-76H,4-7,9-10,12-15,18,21-24,31,33-34,36,38-39,41-45,47-48,50-61H2,1-3H3,(H,77,78)/b11-8-,19-16-,20-17-,28-25-,29-26-,30-27-,35-32-,40-37-,49-46-. The number of hydrogen-bond donors (Lipinski definition) is 3. The second kappa shape index (κ2) is 57.8. The molecule has 0 saturated carbocycles. The molecule has 0 amide bonds. The minimum Gasteiger partial charge on any atom is -0.479 e. The lowest BCUT2D eigenvalue weighted by Crippen LogP contribution is -2.61. The Labute approximate surface area is 504 Å². The van der Waals surface area contributed by atoms with Gasteiger partial charge in [-0.2, -0.15) is 0 Å². The van der Waals surface area contributed by atoms with Gasteiger partial charge >= 0.3 is 23.9 Å². The second-order valence-electron chi connectivity index (χ2n) is 22.0. The van der Waals surface area contributed by atoms with Crippen molar-refractivity contribution in [3.63, 3.8) is 0 Å². The fourth-order valence-electron chi connectivity index (χ4n) is 9.29. The summed E-state index contributed by atoms with van der Waals surface area (Å²) < 4.78 is 28.5. The fraction of sp³-hybridized carbons (Fsp3) is 0.690. The van der Waals surface area contributed by atoms with Crippen molar-refractivity contribution in [1.29, 1.82) is 0 Å². The molecule has 1 saturated heterocycles. The summed E-state index contributed by atoms with van der Waals surface area (Å²) in [5, 5.41) is 31.6. The van der Waals surface area contributed by atoms with E-state index in [-0.39, 0.29) is 25.9 Å². The SMILES string of the molecule is CC/C=C\C/C=C\C/C=C\C/C=C\C/C=C\CCCC(=O)OC(COC(=O)CCCCCCCC/C=C\C/C=C\C/C=C\CCCCC)COC1OC(C(=O)O)C(O)C(O)C1OC(=O)CCCCCCCCC/C=C\CCCCCCCC. The van der Waals surface area contributed by atoms with E-state index >= 15 is 0 Å². The molecule has 83 heavy (non-hydrogen) atoms. The molecule has 12 nitrogen and oxygen atoms in total. The minimum atomic E-state index is -1.92. The van der Waals surface area contributed by atoms with Crippen LogP contribution in [0.4, 0.5) is 0 Å². The van der Waals surface area contributed by atoms with Gasteiger partial charge in [0.1, 0.15) is 18.8 Å². The van der Waals surface area contributed by atoms with Gasteiger partial charge in [-0.25, -0.2) is 4.79 Å². The van der Waals surface area contributed by atoms with Gasteiger partial charge in [0.15, 0.2) is 24.6 Å². The average Bonchev–Trinajstić information content (AvgIpc) is 3.59. The molecule has 3 N–H and O–H groups in total. The van der Waals surface area contributed by atoms with Gasteiger partial charge in [0, 0.05) is 19.3 Å². The highest BCUT2D eigenvalue weighted by molar-refractivity contribution is 5.74. The molecule has 0 aromatic rings. The van der Waals surface area contributed by atoms with Crippen LogP contribution in [0, 0.1) is 0 Å². The van der Waals surface area contributed by atoms with E-state index in [1.807, 2.05) is 12.2 Å². The normalized spacial score (nSPS) is 18.3. The third-order valence-corrected chi connectivity index (χ3v) is 14.3. The lowest BCUT2D eigenvalue weighted by atomic mass is 9.98. The van der Waals surface area contributed by atoms with Crippen LogP contribution in [0.5, 0.6) is 0 Å². The van der Waals surface area contributed by atoms with Crippen LogP contribution in [-0.2, 0) is 42.9 Å². The highest BCUT2D eigenvalue weighted by atomic mass is 16.7. The zero-order valence-electron chi connectivity index (χ0n) is 52.2. The summed E-state index contributed by atoms with van der Waals surface area (Å²) in [7, 11) is 0. The molecule has 6 unspecified atom stereocenters. The van der Waals surface area contributed by atoms with Crippen molar-refractivity contribution in [2.75, 3.05) is 13.2 Å². The topological polar surface area (TPSA) is 175 Å². The summed E-state index contributed by atoms with van der Waals surface area (Å²) in [4.78, 5) is 51.3.